The van der Waals surface area contributed by atoms with Crippen molar-refractivity contribution in [2.45, 2.75) is 126 Å². The molecule has 0 aromatic heterocycles. The minimum atomic E-state index is -0.109. The largest absolute Gasteiger partial charge is 0.393 e. The number of hydrogen-bond donors (Lipinski definition) is 1. The maximum atomic E-state index is 10.9. The molecule has 1 heteroatoms. The van der Waals surface area contributed by atoms with E-state index in [0.717, 1.165) is 36.0 Å². The zero-order valence-electron chi connectivity index (χ0n) is 22.1. The van der Waals surface area contributed by atoms with Gasteiger partial charge >= 0.3 is 0 Å². The van der Waals surface area contributed by atoms with Gasteiger partial charge in [0.15, 0.2) is 0 Å². The molecule has 1 nitrogen and oxygen atoms in total. The van der Waals surface area contributed by atoms with E-state index in [9.17, 15) is 5.11 Å². The highest BCUT2D eigenvalue weighted by Gasteiger charge is 2.70. The lowest BCUT2D eigenvalue weighted by atomic mass is 9.32. The van der Waals surface area contributed by atoms with E-state index in [0.29, 0.717) is 27.6 Å². The fourth-order valence-electron chi connectivity index (χ4n) is 11.7. The number of hydrogen-bond acceptors (Lipinski definition) is 1. The second-order valence-corrected chi connectivity index (χ2v) is 15.2. The molecular weight excluding hydrogens is 376 g/mol. The summed E-state index contributed by atoms with van der Waals surface area (Å²) in [7, 11) is 0. The molecule has 178 valence electrons. The van der Waals surface area contributed by atoms with Crippen LogP contribution in [0.5, 0.6) is 0 Å². The van der Waals surface area contributed by atoms with Gasteiger partial charge in [0.05, 0.1) is 6.10 Å². The molecule has 5 aliphatic carbocycles. The summed E-state index contributed by atoms with van der Waals surface area (Å²) in [6.45, 7) is 20.7. The Hall–Kier alpha value is -0.0400. The monoisotopic (exact) mass is 428 g/mol. The minimum Gasteiger partial charge on any atom is -0.393 e. The predicted octanol–water partition coefficient (Wildman–Crippen LogP) is 8.10. The lowest BCUT2D eigenvalue weighted by Gasteiger charge is -2.73. The van der Waals surface area contributed by atoms with Gasteiger partial charge in [-0.15, -0.1) is 0 Å². The van der Waals surface area contributed by atoms with Crippen LogP contribution in [-0.2, 0) is 0 Å². The molecule has 5 aliphatic rings. The predicted molar refractivity (Wildman–Crippen MR) is 131 cm³/mol. The van der Waals surface area contributed by atoms with Crippen molar-refractivity contribution in [1.29, 1.82) is 0 Å². The van der Waals surface area contributed by atoms with Crippen LogP contribution in [0.1, 0.15) is 120 Å². The Morgan fingerprint density at radius 3 is 2.06 bits per heavy atom. The standard InChI is InChI=1S/C30H52O/c1-19(2)20-11-14-27(5)17-18-29(7)21(25(20)27)9-10-23-28(6)15-13-24(31)26(3,4)22(28)12-16-30(23,29)8/h19-25,31H,9-18H2,1-8H3/t20-,21+,22-,23+,24+,25+,27+,28+,29+,30+/m0/s1. The molecule has 5 rings (SSSR count). The van der Waals surface area contributed by atoms with E-state index in [1.54, 1.807) is 0 Å². The van der Waals surface area contributed by atoms with Crippen LogP contribution >= 0.6 is 0 Å². The van der Waals surface area contributed by atoms with Crippen molar-refractivity contribution in [2.75, 3.05) is 0 Å². The maximum absolute atomic E-state index is 10.9. The van der Waals surface area contributed by atoms with E-state index < -0.39 is 0 Å². The molecule has 0 aromatic carbocycles. The van der Waals surface area contributed by atoms with Gasteiger partial charge < -0.3 is 5.11 Å². The molecular formula is C30H52O. The van der Waals surface area contributed by atoms with Gasteiger partial charge in [0.1, 0.15) is 0 Å². The van der Waals surface area contributed by atoms with E-state index in [4.69, 9.17) is 0 Å². The zero-order chi connectivity index (χ0) is 22.6. The van der Waals surface area contributed by atoms with Gasteiger partial charge in [0.2, 0.25) is 0 Å². The molecule has 10 atom stereocenters. The number of aliphatic hydroxyl groups excluding tert-OH is 1. The Morgan fingerprint density at radius 2 is 1.39 bits per heavy atom. The van der Waals surface area contributed by atoms with E-state index in [2.05, 4.69) is 55.4 Å². The smallest absolute Gasteiger partial charge is 0.0594 e. The molecule has 0 amide bonds. The van der Waals surface area contributed by atoms with Crippen molar-refractivity contribution in [3.63, 3.8) is 0 Å². The minimum absolute atomic E-state index is 0.0748. The molecule has 5 fully saturated rings. The summed E-state index contributed by atoms with van der Waals surface area (Å²) < 4.78 is 0. The molecule has 0 aliphatic heterocycles. The van der Waals surface area contributed by atoms with Crippen molar-refractivity contribution in [3.8, 4) is 0 Å². The van der Waals surface area contributed by atoms with Gasteiger partial charge in [-0.25, -0.2) is 0 Å². The van der Waals surface area contributed by atoms with Crippen LogP contribution in [0.25, 0.3) is 0 Å². The first-order valence-corrected chi connectivity index (χ1v) is 14.0. The van der Waals surface area contributed by atoms with Crippen LogP contribution in [0.15, 0.2) is 0 Å². The van der Waals surface area contributed by atoms with Gasteiger partial charge in [-0.05, 0) is 127 Å². The average Bonchev–Trinajstić information content (AvgIpc) is 3.04. The van der Waals surface area contributed by atoms with Crippen molar-refractivity contribution < 1.29 is 5.11 Å². The van der Waals surface area contributed by atoms with Crippen molar-refractivity contribution in [2.24, 2.45) is 62.6 Å². The van der Waals surface area contributed by atoms with Crippen molar-refractivity contribution in [3.05, 3.63) is 0 Å². The van der Waals surface area contributed by atoms with Crippen LogP contribution in [0.2, 0.25) is 0 Å². The second-order valence-electron chi connectivity index (χ2n) is 15.2. The average molecular weight is 429 g/mol. The molecule has 0 aromatic rings. The number of fused-ring (bicyclic) bond motifs is 7. The summed E-state index contributed by atoms with van der Waals surface area (Å²) in [5, 5.41) is 10.9. The molecule has 0 spiro atoms. The van der Waals surface area contributed by atoms with Gasteiger partial charge in [-0.1, -0.05) is 55.4 Å². The maximum Gasteiger partial charge on any atom is 0.0594 e. The summed E-state index contributed by atoms with van der Waals surface area (Å²) in [6, 6.07) is 0. The fraction of sp³-hybridized carbons (Fsp3) is 1.00. The lowest BCUT2D eigenvalue weighted by Crippen LogP contribution is -2.66. The first-order chi connectivity index (χ1) is 14.3. The Kier molecular flexibility index (Phi) is 4.96. The van der Waals surface area contributed by atoms with Gasteiger partial charge in [0.25, 0.3) is 0 Å². The molecule has 31 heavy (non-hydrogen) atoms. The van der Waals surface area contributed by atoms with Crippen LogP contribution in [0, 0.1) is 62.6 Å². The van der Waals surface area contributed by atoms with E-state index in [1.165, 1.54) is 57.8 Å². The van der Waals surface area contributed by atoms with Gasteiger partial charge in [-0.3, -0.25) is 0 Å². The first-order valence-electron chi connectivity index (χ1n) is 14.0. The summed E-state index contributed by atoms with van der Waals surface area (Å²) in [6.07, 6.45) is 13.7. The lowest BCUT2D eigenvalue weighted by molar-refractivity contribution is -0.248. The van der Waals surface area contributed by atoms with Crippen LogP contribution in [-0.4, -0.2) is 11.2 Å². The van der Waals surface area contributed by atoms with E-state index in [-0.39, 0.29) is 11.5 Å². The molecule has 0 unspecified atom stereocenters. The summed E-state index contributed by atoms with van der Waals surface area (Å²) >= 11 is 0. The van der Waals surface area contributed by atoms with Gasteiger partial charge in [-0.2, -0.15) is 0 Å². The zero-order valence-corrected chi connectivity index (χ0v) is 22.1. The molecule has 0 saturated heterocycles. The third-order valence-corrected chi connectivity index (χ3v) is 13.7. The van der Waals surface area contributed by atoms with Crippen molar-refractivity contribution in [1.82, 2.24) is 0 Å². The second kappa shape index (κ2) is 6.76. The van der Waals surface area contributed by atoms with Crippen molar-refractivity contribution >= 4 is 0 Å². The third kappa shape index (κ3) is 2.71. The quantitative estimate of drug-likeness (QED) is 0.447. The highest BCUT2D eigenvalue weighted by Crippen LogP contribution is 2.77. The Morgan fingerprint density at radius 1 is 0.677 bits per heavy atom. The summed E-state index contributed by atoms with van der Waals surface area (Å²) in [5.41, 5.74) is 2.08. The normalized spacial score (nSPS) is 58.3. The highest BCUT2D eigenvalue weighted by atomic mass is 16.3. The molecule has 0 heterocycles. The Labute approximate surface area is 193 Å². The third-order valence-electron chi connectivity index (χ3n) is 13.7. The molecule has 5 saturated carbocycles. The fourth-order valence-corrected chi connectivity index (χ4v) is 11.7. The number of rotatable bonds is 1. The Balaban J connectivity index is 1.54. The first kappa shape index (κ1) is 22.7. The van der Waals surface area contributed by atoms with E-state index >= 15 is 0 Å². The molecule has 0 bridgehead atoms. The SMILES string of the molecule is CC(C)[C@@H]1CC[C@]2(C)CC[C@]3(C)[C@H](CC[C@@H]4[C@]5(C)CC[C@@H](O)C(C)(C)[C@@H]5CC[C@]43C)[C@@H]12. The van der Waals surface area contributed by atoms with Crippen LogP contribution in [0.4, 0.5) is 0 Å². The van der Waals surface area contributed by atoms with E-state index in [1.807, 2.05) is 0 Å². The highest BCUT2D eigenvalue weighted by molar-refractivity contribution is 5.19. The van der Waals surface area contributed by atoms with Crippen LogP contribution < -0.4 is 0 Å². The molecule has 0 radical (unpaired) electrons. The molecule has 1 N–H and O–H groups in total. The Bertz CT molecular complexity index is 724. The van der Waals surface area contributed by atoms with Crippen LogP contribution in [0.3, 0.4) is 0 Å². The summed E-state index contributed by atoms with van der Waals surface area (Å²) in [4.78, 5) is 0. The van der Waals surface area contributed by atoms with Gasteiger partial charge in [0, 0.05) is 0 Å². The summed E-state index contributed by atoms with van der Waals surface area (Å²) in [5.74, 6) is 5.21. The number of aliphatic hydroxyl groups is 1. The topological polar surface area (TPSA) is 20.2 Å².